The van der Waals surface area contributed by atoms with E-state index < -0.39 is 6.10 Å². The van der Waals surface area contributed by atoms with E-state index in [-0.39, 0.29) is 31.1 Å². The molecule has 1 atom stereocenters. The fraction of sp³-hybridized carbons (Fsp3) is 0.824. The Hall–Kier alpha value is -2.37. The topological polar surface area (TPSA) is 78.9 Å². The number of carbonyl (C=O) groups excluding carboxylic acids is 3. The van der Waals surface area contributed by atoms with Crippen molar-refractivity contribution in [3.63, 3.8) is 0 Å². The fourth-order valence-corrected chi connectivity index (χ4v) is 6.88. The summed E-state index contributed by atoms with van der Waals surface area (Å²) < 4.78 is 16.7. The first kappa shape index (κ1) is 54.6. The van der Waals surface area contributed by atoms with Gasteiger partial charge in [-0.15, -0.1) is 0 Å². The number of unbranched alkanes of at least 4 members (excludes halogenated alkanes) is 28. The van der Waals surface area contributed by atoms with Gasteiger partial charge in [0, 0.05) is 19.3 Å². The van der Waals surface area contributed by atoms with E-state index in [1.165, 1.54) is 135 Å². The van der Waals surface area contributed by atoms with E-state index in [1.54, 1.807) is 0 Å². The van der Waals surface area contributed by atoms with Gasteiger partial charge in [0.2, 0.25) is 0 Å². The molecule has 0 spiro atoms. The highest BCUT2D eigenvalue weighted by atomic mass is 16.6. The number of hydrogen-bond donors (Lipinski definition) is 0. The summed E-state index contributed by atoms with van der Waals surface area (Å²) in [4.78, 5) is 37.8. The van der Waals surface area contributed by atoms with Crippen LogP contribution in [0.5, 0.6) is 0 Å². The summed E-state index contributed by atoms with van der Waals surface area (Å²) in [5, 5.41) is 0. The van der Waals surface area contributed by atoms with Crippen LogP contribution in [0.3, 0.4) is 0 Å². The third kappa shape index (κ3) is 44.6. The van der Waals surface area contributed by atoms with Crippen LogP contribution in [-0.2, 0) is 28.6 Å². The highest BCUT2D eigenvalue weighted by molar-refractivity contribution is 5.71. The molecule has 0 bridgehead atoms. The van der Waals surface area contributed by atoms with Crippen LogP contribution < -0.4 is 0 Å². The maximum atomic E-state index is 12.7. The molecule has 6 heteroatoms. The molecule has 332 valence electrons. The Labute approximate surface area is 353 Å². The minimum Gasteiger partial charge on any atom is -0.462 e. The Kier molecular flexibility index (Phi) is 44.4. The molecule has 0 rings (SSSR count). The fourth-order valence-electron chi connectivity index (χ4n) is 6.88. The number of carbonyl (C=O) groups is 3. The lowest BCUT2D eigenvalue weighted by molar-refractivity contribution is -0.167. The molecule has 0 aliphatic heterocycles. The molecule has 0 N–H and O–H groups in total. The van der Waals surface area contributed by atoms with E-state index in [4.69, 9.17) is 14.2 Å². The molecular weight excluding hydrogens is 709 g/mol. The molecule has 6 nitrogen and oxygen atoms in total. The normalized spacial score (nSPS) is 12.3. The van der Waals surface area contributed by atoms with Crippen molar-refractivity contribution < 1.29 is 28.6 Å². The van der Waals surface area contributed by atoms with E-state index in [1.807, 2.05) is 0 Å². The zero-order valence-electron chi connectivity index (χ0n) is 37.9. The number of esters is 3. The van der Waals surface area contributed by atoms with Crippen LogP contribution in [0, 0.1) is 0 Å². The minimum absolute atomic E-state index is 0.0828. The smallest absolute Gasteiger partial charge is 0.306 e. The second-order valence-electron chi connectivity index (χ2n) is 16.4. The van der Waals surface area contributed by atoms with Gasteiger partial charge < -0.3 is 14.2 Å². The molecule has 0 amide bonds. The predicted molar refractivity (Wildman–Crippen MR) is 242 cm³/mol. The molecule has 0 radical (unpaired) electrons. The first-order valence-electron chi connectivity index (χ1n) is 24.5. The van der Waals surface area contributed by atoms with Crippen LogP contribution in [0.4, 0.5) is 0 Å². The SMILES string of the molecule is CCCC/C=C\CCCCCCCC(=O)OCC(COC(=O)CCCCC/C=C\C=C/CCCCCCCCC)OC(=O)CCCCCCCCCCCCCC. The van der Waals surface area contributed by atoms with Crippen LogP contribution in [0.1, 0.15) is 252 Å². The highest BCUT2D eigenvalue weighted by Gasteiger charge is 2.19. The van der Waals surface area contributed by atoms with Crippen LogP contribution in [0.15, 0.2) is 36.5 Å². The minimum atomic E-state index is -0.780. The number of rotatable bonds is 44. The summed E-state index contributed by atoms with van der Waals surface area (Å²) in [5.74, 6) is -0.913. The quantitative estimate of drug-likeness (QED) is 0.0201. The van der Waals surface area contributed by atoms with Crippen molar-refractivity contribution >= 4 is 17.9 Å². The van der Waals surface area contributed by atoms with Crippen LogP contribution in [-0.4, -0.2) is 37.2 Å². The molecule has 0 saturated heterocycles. The molecule has 0 aromatic carbocycles. The summed E-state index contributed by atoms with van der Waals surface area (Å²) in [7, 11) is 0. The van der Waals surface area contributed by atoms with Crippen LogP contribution >= 0.6 is 0 Å². The van der Waals surface area contributed by atoms with E-state index in [9.17, 15) is 14.4 Å². The van der Waals surface area contributed by atoms with Gasteiger partial charge in [-0.25, -0.2) is 0 Å². The van der Waals surface area contributed by atoms with Crippen molar-refractivity contribution in [3.8, 4) is 0 Å². The molecule has 0 fully saturated rings. The monoisotopic (exact) mass is 801 g/mol. The molecule has 0 saturated carbocycles. The van der Waals surface area contributed by atoms with Gasteiger partial charge in [0.25, 0.3) is 0 Å². The van der Waals surface area contributed by atoms with Gasteiger partial charge in [0.15, 0.2) is 6.10 Å². The Balaban J connectivity index is 4.39. The molecule has 0 aliphatic rings. The first-order valence-corrected chi connectivity index (χ1v) is 24.5. The maximum absolute atomic E-state index is 12.7. The van der Waals surface area contributed by atoms with Crippen molar-refractivity contribution in [3.05, 3.63) is 36.5 Å². The second kappa shape index (κ2) is 46.3. The van der Waals surface area contributed by atoms with E-state index in [0.717, 1.165) is 77.0 Å². The molecular formula is C51H92O6. The summed E-state index contributed by atoms with van der Waals surface area (Å²) in [6, 6.07) is 0. The Bertz CT molecular complexity index is 969. The van der Waals surface area contributed by atoms with Crippen molar-refractivity contribution in [1.29, 1.82) is 0 Å². The zero-order valence-corrected chi connectivity index (χ0v) is 37.9. The van der Waals surface area contributed by atoms with Gasteiger partial charge in [0.05, 0.1) is 0 Å². The van der Waals surface area contributed by atoms with Crippen molar-refractivity contribution in [2.45, 2.75) is 258 Å². The van der Waals surface area contributed by atoms with Crippen LogP contribution in [0.2, 0.25) is 0 Å². The Morgan fingerprint density at radius 3 is 1.05 bits per heavy atom. The standard InChI is InChI=1S/C51H92O6/c1-4-7-10-13-16-19-22-24-25-26-27-30-32-35-38-41-44-50(53)56-47-48(46-55-49(52)43-40-37-34-31-28-21-18-15-12-9-6-3)57-51(54)45-42-39-36-33-29-23-20-17-14-11-8-5-2/h15,18,25-27,30,48H,4-14,16-17,19-24,28-29,31-47H2,1-3H3/b18-15-,26-25-,30-27-. The van der Waals surface area contributed by atoms with Crippen molar-refractivity contribution in [1.82, 2.24) is 0 Å². The highest BCUT2D eigenvalue weighted by Crippen LogP contribution is 2.15. The number of hydrogen-bond acceptors (Lipinski definition) is 6. The van der Waals surface area contributed by atoms with Gasteiger partial charge in [-0.2, -0.15) is 0 Å². The number of allylic oxidation sites excluding steroid dienone is 6. The van der Waals surface area contributed by atoms with Crippen molar-refractivity contribution in [2.75, 3.05) is 13.2 Å². The predicted octanol–water partition coefficient (Wildman–Crippen LogP) is 15.8. The zero-order chi connectivity index (χ0) is 41.5. The van der Waals surface area contributed by atoms with E-state index in [2.05, 4.69) is 57.2 Å². The molecule has 0 aromatic rings. The summed E-state index contributed by atoms with van der Waals surface area (Å²) >= 11 is 0. The van der Waals surface area contributed by atoms with Gasteiger partial charge in [-0.05, 0) is 64.2 Å². The summed E-state index contributed by atoms with van der Waals surface area (Å²) in [6.45, 7) is 6.57. The molecule has 0 aromatic heterocycles. The maximum Gasteiger partial charge on any atom is 0.306 e. The third-order valence-corrected chi connectivity index (χ3v) is 10.6. The summed E-state index contributed by atoms with van der Waals surface area (Å²) in [5.41, 5.74) is 0. The average Bonchev–Trinajstić information content (AvgIpc) is 3.21. The lowest BCUT2D eigenvalue weighted by atomic mass is 10.0. The lowest BCUT2D eigenvalue weighted by Crippen LogP contribution is -2.30. The molecule has 57 heavy (non-hydrogen) atoms. The Morgan fingerprint density at radius 2 is 0.649 bits per heavy atom. The van der Waals surface area contributed by atoms with Gasteiger partial charge >= 0.3 is 17.9 Å². The molecule has 0 aliphatic carbocycles. The van der Waals surface area contributed by atoms with Gasteiger partial charge in [0.1, 0.15) is 13.2 Å². The first-order chi connectivity index (χ1) is 28.0. The largest absolute Gasteiger partial charge is 0.462 e. The summed E-state index contributed by atoms with van der Waals surface area (Å²) in [6.07, 6.45) is 52.7. The molecule has 1 unspecified atom stereocenters. The molecule has 0 heterocycles. The van der Waals surface area contributed by atoms with Gasteiger partial charge in [-0.3, -0.25) is 14.4 Å². The number of ether oxygens (including phenoxy) is 3. The van der Waals surface area contributed by atoms with E-state index >= 15 is 0 Å². The van der Waals surface area contributed by atoms with Crippen molar-refractivity contribution in [2.24, 2.45) is 0 Å². The third-order valence-electron chi connectivity index (χ3n) is 10.6. The van der Waals surface area contributed by atoms with Crippen LogP contribution in [0.25, 0.3) is 0 Å². The van der Waals surface area contributed by atoms with E-state index in [0.29, 0.717) is 19.3 Å². The second-order valence-corrected chi connectivity index (χ2v) is 16.4. The average molecular weight is 801 g/mol. The van der Waals surface area contributed by atoms with Gasteiger partial charge in [-0.1, -0.05) is 205 Å². The lowest BCUT2D eigenvalue weighted by Gasteiger charge is -2.18. The Morgan fingerprint density at radius 1 is 0.351 bits per heavy atom.